The van der Waals surface area contributed by atoms with Gasteiger partial charge in [-0.15, -0.1) is 0 Å². The van der Waals surface area contributed by atoms with Crippen LogP contribution in [0.1, 0.15) is 10.4 Å². The van der Waals surface area contributed by atoms with Gasteiger partial charge in [0.1, 0.15) is 0 Å². The lowest BCUT2D eigenvalue weighted by Gasteiger charge is -2.05. The van der Waals surface area contributed by atoms with E-state index in [9.17, 15) is 4.79 Å². The lowest BCUT2D eigenvalue weighted by Crippen LogP contribution is -2.08. The second-order valence-electron chi connectivity index (χ2n) is 2.41. The van der Waals surface area contributed by atoms with E-state index < -0.39 is 10.6 Å². The first-order valence-corrected chi connectivity index (χ1v) is 5.41. The van der Waals surface area contributed by atoms with Crippen molar-refractivity contribution in [3.8, 4) is 0 Å². The number of halogens is 5. The van der Waals surface area contributed by atoms with Crippen LogP contribution in [0.15, 0.2) is 12.1 Å². The molecule has 0 spiro atoms. The molecule has 76 valence electrons. The van der Waals surface area contributed by atoms with Crippen LogP contribution in [0.2, 0.25) is 15.1 Å². The van der Waals surface area contributed by atoms with Gasteiger partial charge in [0.25, 0.3) is 0 Å². The Balaban J connectivity index is 3.22. The second kappa shape index (κ2) is 4.91. The molecular weight excluding hydrogens is 289 g/mol. The maximum absolute atomic E-state index is 11.4. The van der Waals surface area contributed by atoms with Gasteiger partial charge in [0.15, 0.2) is 10.6 Å². The van der Waals surface area contributed by atoms with Crippen LogP contribution in [-0.4, -0.2) is 10.6 Å². The highest BCUT2D eigenvalue weighted by Crippen LogP contribution is 2.30. The average Bonchev–Trinajstić information content (AvgIpc) is 2.10. The van der Waals surface area contributed by atoms with Gasteiger partial charge >= 0.3 is 0 Å². The number of hydrogen-bond acceptors (Lipinski definition) is 1. The number of ketones is 1. The summed E-state index contributed by atoms with van der Waals surface area (Å²) in [7, 11) is 0. The lowest BCUT2D eigenvalue weighted by molar-refractivity contribution is 0.101. The molecule has 0 N–H and O–H groups in total. The first-order chi connectivity index (χ1) is 6.43. The Morgan fingerprint density at radius 2 is 1.50 bits per heavy atom. The van der Waals surface area contributed by atoms with E-state index in [0.29, 0.717) is 0 Å². The van der Waals surface area contributed by atoms with Crippen molar-refractivity contribution in [2.45, 2.75) is 4.84 Å². The van der Waals surface area contributed by atoms with Crippen LogP contribution in [0.25, 0.3) is 0 Å². The first-order valence-electron chi connectivity index (χ1n) is 3.40. The zero-order chi connectivity index (χ0) is 10.9. The molecule has 0 heterocycles. The number of rotatable bonds is 2. The van der Waals surface area contributed by atoms with Crippen molar-refractivity contribution in [1.82, 2.24) is 0 Å². The van der Waals surface area contributed by atoms with Crippen molar-refractivity contribution in [2.75, 3.05) is 0 Å². The molecule has 6 heteroatoms. The highest BCUT2D eigenvalue weighted by molar-refractivity contribution is 6.56. The summed E-state index contributed by atoms with van der Waals surface area (Å²) in [6.07, 6.45) is 0. The highest BCUT2D eigenvalue weighted by atomic mass is 35.5. The van der Waals surface area contributed by atoms with Gasteiger partial charge in [0.05, 0.1) is 15.1 Å². The fraction of sp³-hybridized carbons (Fsp3) is 0.125. The van der Waals surface area contributed by atoms with Crippen LogP contribution in [0.3, 0.4) is 0 Å². The molecule has 0 fully saturated rings. The van der Waals surface area contributed by atoms with E-state index in [1.807, 2.05) is 0 Å². The molecule has 0 saturated carbocycles. The third-order valence-electron chi connectivity index (χ3n) is 1.47. The third-order valence-corrected chi connectivity index (χ3v) is 2.90. The van der Waals surface area contributed by atoms with E-state index in [4.69, 9.17) is 58.0 Å². The lowest BCUT2D eigenvalue weighted by atomic mass is 10.1. The molecule has 0 radical (unpaired) electrons. The minimum absolute atomic E-state index is 0.163. The Kier molecular flexibility index (Phi) is 4.35. The van der Waals surface area contributed by atoms with Gasteiger partial charge in [-0.25, -0.2) is 0 Å². The molecule has 0 saturated heterocycles. The van der Waals surface area contributed by atoms with Crippen LogP contribution in [0.4, 0.5) is 0 Å². The summed E-state index contributed by atoms with van der Waals surface area (Å²) in [6.45, 7) is 0. The summed E-state index contributed by atoms with van der Waals surface area (Å²) in [5.41, 5.74) is 0.163. The summed E-state index contributed by atoms with van der Waals surface area (Å²) >= 11 is 28.0. The minimum Gasteiger partial charge on any atom is -0.291 e. The molecule has 0 unspecified atom stereocenters. The second-order valence-corrected chi connectivity index (χ2v) is 4.73. The summed E-state index contributed by atoms with van der Waals surface area (Å²) in [5.74, 6) is -0.503. The molecule has 0 bridgehead atoms. The molecule has 0 aliphatic heterocycles. The van der Waals surface area contributed by atoms with Crippen LogP contribution in [-0.2, 0) is 0 Å². The fourth-order valence-corrected chi connectivity index (χ4v) is 1.70. The van der Waals surface area contributed by atoms with E-state index in [2.05, 4.69) is 0 Å². The van der Waals surface area contributed by atoms with E-state index in [1.54, 1.807) is 0 Å². The molecule has 1 rings (SSSR count). The van der Waals surface area contributed by atoms with Crippen molar-refractivity contribution in [2.24, 2.45) is 0 Å². The van der Waals surface area contributed by atoms with E-state index in [1.165, 1.54) is 12.1 Å². The highest BCUT2D eigenvalue weighted by Gasteiger charge is 2.18. The molecule has 1 nitrogen and oxygen atoms in total. The average molecular weight is 292 g/mol. The van der Waals surface area contributed by atoms with Gasteiger partial charge in [-0.1, -0.05) is 58.0 Å². The number of alkyl halides is 2. The van der Waals surface area contributed by atoms with Crippen molar-refractivity contribution in [3.05, 3.63) is 32.8 Å². The zero-order valence-corrected chi connectivity index (χ0v) is 10.3. The quantitative estimate of drug-likeness (QED) is 0.441. The normalized spacial score (nSPS) is 10.7. The summed E-state index contributed by atoms with van der Waals surface area (Å²) in [6, 6.07) is 2.71. The van der Waals surface area contributed by atoms with Gasteiger partial charge in [-0.2, -0.15) is 0 Å². The van der Waals surface area contributed by atoms with Gasteiger partial charge in [0.2, 0.25) is 0 Å². The standard InChI is InChI=1S/C8H3Cl5O/c9-4-2-6(11)5(10)1-3(4)7(14)8(12)13/h1-2,8H. The van der Waals surface area contributed by atoms with E-state index in [-0.39, 0.29) is 20.6 Å². The molecular formula is C8H3Cl5O. The number of hydrogen-bond donors (Lipinski definition) is 0. The summed E-state index contributed by atoms with van der Waals surface area (Å²) < 4.78 is 0. The van der Waals surface area contributed by atoms with Crippen LogP contribution >= 0.6 is 58.0 Å². The number of Topliss-reactive ketones (excluding diaryl/α,β-unsaturated/α-hetero) is 1. The van der Waals surface area contributed by atoms with Gasteiger partial charge in [-0.05, 0) is 12.1 Å². The van der Waals surface area contributed by atoms with E-state index in [0.717, 1.165) is 0 Å². The van der Waals surface area contributed by atoms with Crippen LogP contribution in [0, 0.1) is 0 Å². The minimum atomic E-state index is -1.16. The molecule has 0 aliphatic rings. The molecule has 0 amide bonds. The number of carbonyl (C=O) groups excluding carboxylic acids is 1. The molecule has 0 aliphatic carbocycles. The summed E-state index contributed by atoms with van der Waals surface area (Å²) in [5, 5.41) is 0.679. The van der Waals surface area contributed by atoms with Crippen LogP contribution < -0.4 is 0 Å². The van der Waals surface area contributed by atoms with Crippen LogP contribution in [0.5, 0.6) is 0 Å². The van der Waals surface area contributed by atoms with Gasteiger partial charge < -0.3 is 0 Å². The smallest absolute Gasteiger partial charge is 0.197 e. The van der Waals surface area contributed by atoms with Crippen molar-refractivity contribution < 1.29 is 4.79 Å². The Hall–Kier alpha value is 0.340. The molecule has 0 atom stereocenters. The Morgan fingerprint density at radius 1 is 1.00 bits per heavy atom. The predicted molar refractivity (Wildman–Crippen MR) is 61.3 cm³/mol. The molecule has 14 heavy (non-hydrogen) atoms. The number of benzene rings is 1. The zero-order valence-electron chi connectivity index (χ0n) is 6.53. The summed E-state index contributed by atoms with van der Waals surface area (Å²) in [4.78, 5) is 10.2. The maximum atomic E-state index is 11.4. The van der Waals surface area contributed by atoms with Crippen molar-refractivity contribution >= 4 is 63.8 Å². The SMILES string of the molecule is O=C(c1cc(Cl)c(Cl)cc1Cl)C(Cl)Cl. The third kappa shape index (κ3) is 2.68. The molecule has 1 aromatic rings. The monoisotopic (exact) mass is 290 g/mol. The predicted octanol–water partition coefficient (Wildman–Crippen LogP) is 4.63. The molecule has 1 aromatic carbocycles. The van der Waals surface area contributed by atoms with Crippen molar-refractivity contribution in [1.29, 1.82) is 0 Å². The van der Waals surface area contributed by atoms with E-state index >= 15 is 0 Å². The van der Waals surface area contributed by atoms with Gasteiger partial charge in [0, 0.05) is 5.56 Å². The Bertz CT molecular complexity index is 374. The Morgan fingerprint density at radius 3 is 2.00 bits per heavy atom. The van der Waals surface area contributed by atoms with Gasteiger partial charge in [-0.3, -0.25) is 4.79 Å². The molecule has 0 aromatic heterocycles. The Labute approximate surface area is 106 Å². The maximum Gasteiger partial charge on any atom is 0.197 e. The first kappa shape index (κ1) is 12.4. The largest absolute Gasteiger partial charge is 0.291 e. The fourth-order valence-electron chi connectivity index (χ4n) is 0.829. The number of carbonyl (C=O) groups is 1. The topological polar surface area (TPSA) is 17.1 Å². The van der Waals surface area contributed by atoms with Crippen molar-refractivity contribution in [3.63, 3.8) is 0 Å².